The summed E-state index contributed by atoms with van der Waals surface area (Å²) >= 11 is 0. The lowest BCUT2D eigenvalue weighted by Gasteiger charge is -2.37. The predicted octanol–water partition coefficient (Wildman–Crippen LogP) is 2.61. The molecule has 2 atom stereocenters. The molecular formula is C17H26N2O. The number of nitrogens with one attached hydrogen (secondary N) is 1. The average molecular weight is 274 g/mol. The lowest BCUT2D eigenvalue weighted by Crippen LogP contribution is -2.54. The van der Waals surface area contributed by atoms with Gasteiger partial charge in [-0.25, -0.2) is 0 Å². The van der Waals surface area contributed by atoms with Crippen molar-refractivity contribution in [3.05, 3.63) is 35.9 Å². The van der Waals surface area contributed by atoms with Crippen LogP contribution in [0.4, 0.5) is 0 Å². The van der Waals surface area contributed by atoms with E-state index in [4.69, 9.17) is 0 Å². The van der Waals surface area contributed by atoms with E-state index in [1.807, 2.05) is 6.07 Å². The number of hydrogen-bond donors (Lipinski definition) is 1. The van der Waals surface area contributed by atoms with Gasteiger partial charge in [-0.3, -0.25) is 4.79 Å². The van der Waals surface area contributed by atoms with E-state index in [1.54, 1.807) is 0 Å². The molecule has 3 nitrogen and oxygen atoms in total. The number of likely N-dealkylation sites (tertiary alicyclic amines) is 1. The van der Waals surface area contributed by atoms with Crippen molar-refractivity contribution in [2.75, 3.05) is 13.1 Å². The van der Waals surface area contributed by atoms with E-state index in [0.29, 0.717) is 0 Å². The van der Waals surface area contributed by atoms with Crippen molar-refractivity contribution in [3.8, 4) is 0 Å². The Morgan fingerprint density at radius 2 is 2.10 bits per heavy atom. The second kappa shape index (κ2) is 7.44. The molecule has 0 bridgehead atoms. The van der Waals surface area contributed by atoms with Crippen LogP contribution in [0.15, 0.2) is 30.3 Å². The fourth-order valence-corrected chi connectivity index (χ4v) is 2.91. The van der Waals surface area contributed by atoms with Crippen LogP contribution in [-0.2, 0) is 11.2 Å². The summed E-state index contributed by atoms with van der Waals surface area (Å²) in [6, 6.07) is 10.7. The summed E-state index contributed by atoms with van der Waals surface area (Å²) in [5.41, 5.74) is 1.30. The number of carbonyl (C=O) groups is 1. The molecule has 20 heavy (non-hydrogen) atoms. The normalized spacial score (nSPS) is 21.0. The third-order valence-electron chi connectivity index (χ3n) is 4.02. The van der Waals surface area contributed by atoms with Crippen LogP contribution in [0.3, 0.4) is 0 Å². The van der Waals surface area contributed by atoms with Crippen molar-refractivity contribution in [1.29, 1.82) is 0 Å². The van der Waals surface area contributed by atoms with Crippen LogP contribution in [0.1, 0.15) is 38.7 Å². The van der Waals surface area contributed by atoms with E-state index in [1.165, 1.54) is 5.56 Å². The van der Waals surface area contributed by atoms with Gasteiger partial charge in [0.25, 0.3) is 0 Å². The Hall–Kier alpha value is -1.35. The molecule has 110 valence electrons. The molecule has 0 radical (unpaired) electrons. The maximum absolute atomic E-state index is 12.5. The standard InChI is InChI=1S/C17H26N2O/c1-3-11-18-16-10-7-12-19(17(16)20)14(2)13-15-8-5-4-6-9-15/h4-6,8-9,14,16,18H,3,7,10-13H2,1-2H3. The molecule has 2 rings (SSSR count). The first-order valence-corrected chi connectivity index (χ1v) is 7.80. The molecule has 1 heterocycles. The molecule has 3 heteroatoms. The Kier molecular flexibility index (Phi) is 5.60. The molecule has 0 aromatic heterocycles. The van der Waals surface area contributed by atoms with Crippen molar-refractivity contribution in [2.45, 2.75) is 51.6 Å². The van der Waals surface area contributed by atoms with Gasteiger partial charge in [-0.05, 0) is 44.7 Å². The minimum Gasteiger partial charge on any atom is -0.338 e. The fourth-order valence-electron chi connectivity index (χ4n) is 2.91. The molecule has 1 amide bonds. The number of benzene rings is 1. The monoisotopic (exact) mass is 274 g/mol. The highest BCUT2D eigenvalue weighted by Gasteiger charge is 2.30. The van der Waals surface area contributed by atoms with E-state index < -0.39 is 0 Å². The van der Waals surface area contributed by atoms with Crippen molar-refractivity contribution in [3.63, 3.8) is 0 Å². The third kappa shape index (κ3) is 3.83. The van der Waals surface area contributed by atoms with Gasteiger partial charge in [0.2, 0.25) is 5.91 Å². The van der Waals surface area contributed by atoms with Gasteiger partial charge in [-0.15, -0.1) is 0 Å². The van der Waals surface area contributed by atoms with Crippen LogP contribution < -0.4 is 5.32 Å². The van der Waals surface area contributed by atoms with E-state index >= 15 is 0 Å². The minimum absolute atomic E-state index is 0.0296. The first-order valence-electron chi connectivity index (χ1n) is 7.80. The van der Waals surface area contributed by atoms with E-state index in [2.05, 4.69) is 48.3 Å². The lowest BCUT2D eigenvalue weighted by atomic mass is 9.99. The van der Waals surface area contributed by atoms with Crippen LogP contribution >= 0.6 is 0 Å². The third-order valence-corrected chi connectivity index (χ3v) is 4.02. The van der Waals surface area contributed by atoms with Gasteiger partial charge >= 0.3 is 0 Å². The molecule has 1 aromatic carbocycles. The second-order valence-electron chi connectivity index (χ2n) is 5.72. The van der Waals surface area contributed by atoms with Gasteiger partial charge in [0, 0.05) is 12.6 Å². The largest absolute Gasteiger partial charge is 0.338 e. The first kappa shape index (κ1) is 15.0. The van der Waals surface area contributed by atoms with Gasteiger partial charge in [-0.1, -0.05) is 37.3 Å². The SMILES string of the molecule is CCCNC1CCCN(C(C)Cc2ccccc2)C1=O. The first-order chi connectivity index (χ1) is 9.72. The van der Waals surface area contributed by atoms with Crippen LogP contribution in [0.2, 0.25) is 0 Å². The van der Waals surface area contributed by atoms with Gasteiger partial charge in [0.05, 0.1) is 6.04 Å². The molecule has 0 aliphatic carbocycles. The summed E-state index contributed by atoms with van der Waals surface area (Å²) in [5.74, 6) is 0.285. The summed E-state index contributed by atoms with van der Waals surface area (Å²) in [4.78, 5) is 14.6. The van der Waals surface area contributed by atoms with Crippen LogP contribution in [-0.4, -0.2) is 36.0 Å². The Morgan fingerprint density at radius 1 is 1.35 bits per heavy atom. The van der Waals surface area contributed by atoms with E-state index in [-0.39, 0.29) is 18.0 Å². The zero-order chi connectivity index (χ0) is 14.4. The average Bonchev–Trinajstić information content (AvgIpc) is 2.47. The molecule has 1 aliphatic heterocycles. The number of nitrogens with zero attached hydrogens (tertiary/aromatic N) is 1. The van der Waals surface area contributed by atoms with Crippen molar-refractivity contribution < 1.29 is 4.79 Å². The highest BCUT2D eigenvalue weighted by atomic mass is 16.2. The highest BCUT2D eigenvalue weighted by Crippen LogP contribution is 2.17. The van der Waals surface area contributed by atoms with Gasteiger partial charge in [0.15, 0.2) is 0 Å². The Labute approximate surface area is 122 Å². The fraction of sp³-hybridized carbons (Fsp3) is 0.588. The number of piperidine rings is 1. The van der Waals surface area contributed by atoms with Crippen LogP contribution in [0, 0.1) is 0 Å². The molecule has 2 unspecified atom stereocenters. The highest BCUT2D eigenvalue weighted by molar-refractivity contribution is 5.82. The number of hydrogen-bond acceptors (Lipinski definition) is 2. The maximum Gasteiger partial charge on any atom is 0.239 e. The van der Waals surface area contributed by atoms with Crippen LogP contribution in [0.5, 0.6) is 0 Å². The number of carbonyl (C=O) groups excluding carboxylic acids is 1. The Balaban J connectivity index is 1.94. The zero-order valence-corrected chi connectivity index (χ0v) is 12.6. The Morgan fingerprint density at radius 3 is 2.80 bits per heavy atom. The number of rotatable bonds is 6. The van der Waals surface area contributed by atoms with Crippen LogP contribution in [0.25, 0.3) is 0 Å². The van der Waals surface area contributed by atoms with E-state index in [0.717, 1.165) is 38.8 Å². The van der Waals surface area contributed by atoms with E-state index in [9.17, 15) is 4.79 Å². The zero-order valence-electron chi connectivity index (χ0n) is 12.6. The second-order valence-corrected chi connectivity index (χ2v) is 5.72. The molecule has 1 saturated heterocycles. The van der Waals surface area contributed by atoms with Gasteiger partial charge in [0.1, 0.15) is 0 Å². The maximum atomic E-state index is 12.5. The molecule has 0 spiro atoms. The molecule has 0 saturated carbocycles. The molecule has 1 aliphatic rings. The molecule has 1 aromatic rings. The topological polar surface area (TPSA) is 32.3 Å². The van der Waals surface area contributed by atoms with Gasteiger partial charge in [-0.2, -0.15) is 0 Å². The summed E-state index contributed by atoms with van der Waals surface area (Å²) in [6.45, 7) is 6.12. The lowest BCUT2D eigenvalue weighted by molar-refractivity contribution is -0.138. The minimum atomic E-state index is 0.0296. The predicted molar refractivity (Wildman–Crippen MR) is 82.6 cm³/mol. The van der Waals surface area contributed by atoms with Gasteiger partial charge < -0.3 is 10.2 Å². The molecule has 1 fully saturated rings. The summed E-state index contributed by atoms with van der Waals surface area (Å²) in [6.07, 6.45) is 4.09. The Bertz CT molecular complexity index is 418. The molecular weight excluding hydrogens is 248 g/mol. The quantitative estimate of drug-likeness (QED) is 0.865. The molecule has 1 N–H and O–H groups in total. The number of amides is 1. The van der Waals surface area contributed by atoms with Crippen molar-refractivity contribution in [1.82, 2.24) is 10.2 Å². The summed E-state index contributed by atoms with van der Waals surface area (Å²) in [5, 5.41) is 3.38. The van der Waals surface area contributed by atoms with Crippen molar-refractivity contribution in [2.24, 2.45) is 0 Å². The summed E-state index contributed by atoms with van der Waals surface area (Å²) in [7, 11) is 0. The van der Waals surface area contributed by atoms with Crippen molar-refractivity contribution >= 4 is 5.91 Å². The summed E-state index contributed by atoms with van der Waals surface area (Å²) < 4.78 is 0. The smallest absolute Gasteiger partial charge is 0.239 e.